The van der Waals surface area contributed by atoms with Gasteiger partial charge in [0.25, 0.3) is 5.91 Å². The Morgan fingerprint density at radius 1 is 1.26 bits per heavy atom. The number of halogens is 2. The van der Waals surface area contributed by atoms with Gasteiger partial charge in [0.15, 0.2) is 0 Å². The van der Waals surface area contributed by atoms with Crippen LogP contribution >= 0.6 is 23.2 Å². The zero-order chi connectivity index (χ0) is 17.0. The first-order valence-electron chi connectivity index (χ1n) is 7.41. The van der Waals surface area contributed by atoms with E-state index >= 15 is 0 Å². The Morgan fingerprint density at radius 3 is 2.43 bits per heavy atom. The highest BCUT2D eigenvalue weighted by Gasteiger charge is 2.11. The van der Waals surface area contributed by atoms with Crippen molar-refractivity contribution in [2.75, 3.05) is 16.8 Å². The number of carbonyl (C=O) groups is 1. The number of benzene rings is 1. The van der Waals surface area contributed by atoms with E-state index < -0.39 is 0 Å². The second-order valence-corrected chi connectivity index (χ2v) is 6.14. The van der Waals surface area contributed by atoms with Crippen molar-refractivity contribution >= 4 is 40.5 Å². The molecule has 0 atom stereocenters. The van der Waals surface area contributed by atoms with Gasteiger partial charge < -0.3 is 10.2 Å². The Bertz CT molecular complexity index is 687. The SMILES string of the molecule is CCN(c1ccc(NC(=O)c2cnc(Cl)c(Cl)c2)cc1)C(C)C. The molecule has 1 heterocycles. The second kappa shape index (κ2) is 7.66. The summed E-state index contributed by atoms with van der Waals surface area (Å²) in [6, 6.07) is 9.66. The first kappa shape index (κ1) is 17.6. The fourth-order valence-electron chi connectivity index (χ4n) is 2.33. The number of pyridine rings is 1. The lowest BCUT2D eigenvalue weighted by Crippen LogP contribution is -2.30. The van der Waals surface area contributed by atoms with Crippen LogP contribution in [0.15, 0.2) is 36.5 Å². The Hall–Kier alpha value is -1.78. The molecule has 4 nitrogen and oxygen atoms in total. The van der Waals surface area contributed by atoms with Gasteiger partial charge in [0.2, 0.25) is 0 Å². The molecule has 0 spiro atoms. The van der Waals surface area contributed by atoms with Crippen molar-refractivity contribution < 1.29 is 4.79 Å². The number of hydrogen-bond acceptors (Lipinski definition) is 3. The lowest BCUT2D eigenvalue weighted by molar-refractivity contribution is 0.102. The molecule has 0 aliphatic heterocycles. The van der Waals surface area contributed by atoms with Crippen molar-refractivity contribution in [3.63, 3.8) is 0 Å². The molecule has 2 aromatic rings. The van der Waals surface area contributed by atoms with Gasteiger partial charge in [-0.3, -0.25) is 4.79 Å². The highest BCUT2D eigenvalue weighted by molar-refractivity contribution is 6.41. The fraction of sp³-hybridized carbons (Fsp3) is 0.294. The van der Waals surface area contributed by atoms with E-state index in [4.69, 9.17) is 23.2 Å². The van der Waals surface area contributed by atoms with Gasteiger partial charge in [0.05, 0.1) is 10.6 Å². The van der Waals surface area contributed by atoms with Gasteiger partial charge in [-0.15, -0.1) is 0 Å². The number of hydrogen-bond donors (Lipinski definition) is 1. The van der Waals surface area contributed by atoms with Crippen LogP contribution in [0.1, 0.15) is 31.1 Å². The number of amides is 1. The van der Waals surface area contributed by atoms with Crippen molar-refractivity contribution in [3.05, 3.63) is 52.3 Å². The Kier molecular flexibility index (Phi) is 5.85. The predicted octanol–water partition coefficient (Wildman–Crippen LogP) is 4.88. The minimum Gasteiger partial charge on any atom is -0.369 e. The van der Waals surface area contributed by atoms with E-state index in [1.54, 1.807) is 0 Å². The molecule has 0 fully saturated rings. The van der Waals surface area contributed by atoms with E-state index in [1.165, 1.54) is 12.3 Å². The van der Waals surface area contributed by atoms with Gasteiger partial charge in [-0.25, -0.2) is 4.98 Å². The molecule has 0 bridgehead atoms. The molecule has 0 aliphatic rings. The molecule has 0 radical (unpaired) electrons. The number of anilines is 2. The Morgan fingerprint density at radius 2 is 1.91 bits per heavy atom. The summed E-state index contributed by atoms with van der Waals surface area (Å²) in [5.74, 6) is -0.278. The summed E-state index contributed by atoms with van der Waals surface area (Å²) in [5, 5.41) is 3.26. The quantitative estimate of drug-likeness (QED) is 0.781. The van der Waals surface area contributed by atoms with Crippen LogP contribution in [-0.4, -0.2) is 23.5 Å². The van der Waals surface area contributed by atoms with Crippen LogP contribution in [0.2, 0.25) is 10.2 Å². The summed E-state index contributed by atoms with van der Waals surface area (Å²) in [7, 11) is 0. The normalized spacial score (nSPS) is 10.7. The maximum atomic E-state index is 12.2. The van der Waals surface area contributed by atoms with Crippen LogP contribution < -0.4 is 10.2 Å². The van der Waals surface area contributed by atoms with E-state index in [0.717, 1.165) is 12.2 Å². The first-order chi connectivity index (χ1) is 10.9. The highest BCUT2D eigenvalue weighted by Crippen LogP contribution is 2.22. The number of nitrogens with one attached hydrogen (secondary N) is 1. The lowest BCUT2D eigenvalue weighted by atomic mass is 10.2. The first-order valence-corrected chi connectivity index (χ1v) is 8.17. The van der Waals surface area contributed by atoms with Crippen LogP contribution in [0.5, 0.6) is 0 Å². The molecular weight excluding hydrogens is 333 g/mol. The summed E-state index contributed by atoms with van der Waals surface area (Å²) < 4.78 is 0. The van der Waals surface area contributed by atoms with E-state index in [9.17, 15) is 4.79 Å². The Labute approximate surface area is 146 Å². The second-order valence-electron chi connectivity index (χ2n) is 5.38. The molecule has 0 unspecified atom stereocenters. The maximum Gasteiger partial charge on any atom is 0.257 e. The zero-order valence-corrected chi connectivity index (χ0v) is 14.8. The van der Waals surface area contributed by atoms with Crippen LogP contribution in [0.25, 0.3) is 0 Å². The van der Waals surface area contributed by atoms with Gasteiger partial charge in [0.1, 0.15) is 5.15 Å². The lowest BCUT2D eigenvalue weighted by Gasteiger charge is -2.27. The molecule has 6 heteroatoms. The summed E-state index contributed by atoms with van der Waals surface area (Å²) in [6.45, 7) is 7.35. The average Bonchev–Trinajstić information content (AvgIpc) is 2.52. The summed E-state index contributed by atoms with van der Waals surface area (Å²) in [5.41, 5.74) is 2.20. The minimum absolute atomic E-state index is 0.181. The molecule has 1 N–H and O–H groups in total. The van der Waals surface area contributed by atoms with Crippen molar-refractivity contribution in [1.82, 2.24) is 4.98 Å². The van der Waals surface area contributed by atoms with Crippen LogP contribution in [-0.2, 0) is 0 Å². The van der Waals surface area contributed by atoms with Crippen LogP contribution in [0, 0.1) is 0 Å². The highest BCUT2D eigenvalue weighted by atomic mass is 35.5. The standard InChI is InChI=1S/C17H19Cl2N3O/c1-4-22(11(2)3)14-7-5-13(6-8-14)21-17(23)12-9-15(18)16(19)20-10-12/h5-11H,4H2,1-3H3,(H,21,23). The van der Waals surface area contributed by atoms with Crippen molar-refractivity contribution in [1.29, 1.82) is 0 Å². The third kappa shape index (κ3) is 4.36. The monoisotopic (exact) mass is 351 g/mol. The summed E-state index contributed by atoms with van der Waals surface area (Å²) in [6.07, 6.45) is 1.40. The van der Waals surface area contributed by atoms with Gasteiger partial charge in [-0.1, -0.05) is 23.2 Å². The summed E-state index contributed by atoms with van der Waals surface area (Å²) in [4.78, 5) is 18.3. The largest absolute Gasteiger partial charge is 0.369 e. The zero-order valence-electron chi connectivity index (χ0n) is 13.3. The van der Waals surface area contributed by atoms with Gasteiger partial charge in [0, 0.05) is 30.2 Å². The van der Waals surface area contributed by atoms with E-state index in [0.29, 0.717) is 17.3 Å². The van der Waals surface area contributed by atoms with Crippen molar-refractivity contribution in [3.8, 4) is 0 Å². The van der Waals surface area contributed by atoms with Crippen LogP contribution in [0.4, 0.5) is 11.4 Å². The smallest absolute Gasteiger partial charge is 0.257 e. The minimum atomic E-state index is -0.278. The summed E-state index contributed by atoms with van der Waals surface area (Å²) >= 11 is 11.6. The number of aromatic nitrogens is 1. The van der Waals surface area contributed by atoms with Crippen LogP contribution in [0.3, 0.4) is 0 Å². The molecule has 0 saturated carbocycles. The molecular formula is C17H19Cl2N3O. The molecule has 0 aliphatic carbocycles. The topological polar surface area (TPSA) is 45.2 Å². The number of nitrogens with zero attached hydrogens (tertiary/aromatic N) is 2. The third-order valence-electron chi connectivity index (χ3n) is 3.48. The Balaban J connectivity index is 2.11. The predicted molar refractivity (Wildman–Crippen MR) is 96.8 cm³/mol. The molecule has 23 heavy (non-hydrogen) atoms. The fourth-order valence-corrected chi connectivity index (χ4v) is 2.60. The molecule has 1 aromatic carbocycles. The van der Waals surface area contributed by atoms with Gasteiger partial charge in [-0.05, 0) is 51.1 Å². The molecule has 0 saturated heterocycles. The average molecular weight is 352 g/mol. The van der Waals surface area contributed by atoms with Gasteiger partial charge >= 0.3 is 0 Å². The van der Waals surface area contributed by atoms with E-state index in [-0.39, 0.29) is 16.1 Å². The molecule has 122 valence electrons. The number of rotatable bonds is 5. The molecule has 1 aromatic heterocycles. The van der Waals surface area contributed by atoms with E-state index in [1.807, 2.05) is 24.3 Å². The molecule has 1 amide bonds. The van der Waals surface area contributed by atoms with Crippen molar-refractivity contribution in [2.45, 2.75) is 26.8 Å². The van der Waals surface area contributed by atoms with Crippen molar-refractivity contribution in [2.24, 2.45) is 0 Å². The maximum absolute atomic E-state index is 12.2. The molecule has 2 rings (SSSR count). The van der Waals surface area contributed by atoms with Gasteiger partial charge in [-0.2, -0.15) is 0 Å². The van der Waals surface area contributed by atoms with E-state index in [2.05, 4.69) is 36.0 Å². The third-order valence-corrected chi connectivity index (χ3v) is 4.17. The number of carbonyl (C=O) groups excluding carboxylic acids is 1.